The van der Waals surface area contributed by atoms with E-state index in [1.165, 1.54) is 9.80 Å². The maximum atomic E-state index is 14.8. The number of hydrogen-bond acceptors (Lipinski definition) is 8. The number of likely N-dealkylation sites (tertiary alicyclic amines) is 1. The number of aldehydes is 1. The molecule has 0 bridgehead atoms. The van der Waals surface area contributed by atoms with Gasteiger partial charge in [0.1, 0.15) is 31.6 Å². The van der Waals surface area contributed by atoms with Crippen LogP contribution in [0.25, 0.3) is 0 Å². The van der Waals surface area contributed by atoms with E-state index in [2.05, 4.69) is 4.99 Å². The summed E-state index contributed by atoms with van der Waals surface area (Å²) in [4.78, 5) is 76.9. The van der Waals surface area contributed by atoms with Crippen molar-refractivity contribution in [3.63, 3.8) is 0 Å². The third-order valence-electron chi connectivity index (χ3n) is 8.84. The van der Waals surface area contributed by atoms with Crippen LogP contribution in [0.3, 0.4) is 0 Å². The summed E-state index contributed by atoms with van der Waals surface area (Å²) in [6, 6.07) is 24.2. The molecule has 0 spiro atoms. The second kappa shape index (κ2) is 20.4. The van der Waals surface area contributed by atoms with Crippen LogP contribution in [0.1, 0.15) is 56.2 Å². The highest BCUT2D eigenvalue weighted by Gasteiger charge is 2.45. The number of carbonyl (C=O) groups excluding carboxylic acids is 5. The number of aliphatic imine (C=N–C) groups is 1. The van der Waals surface area contributed by atoms with Crippen LogP contribution in [0.4, 0.5) is 9.59 Å². The number of hydrogen-bond donors (Lipinski definition) is 2. The molecule has 1 fully saturated rings. The first-order chi connectivity index (χ1) is 25.6. The van der Waals surface area contributed by atoms with Crippen molar-refractivity contribution < 1.29 is 33.4 Å². The fourth-order valence-corrected chi connectivity index (χ4v) is 6.28. The number of guanidine groups is 1. The molecular weight excluding hydrogens is 676 g/mol. The van der Waals surface area contributed by atoms with E-state index in [1.807, 2.05) is 80.6 Å². The number of nitrogens with zero attached hydrogens (tertiary/aromatic N) is 4. The van der Waals surface area contributed by atoms with Gasteiger partial charge in [-0.1, -0.05) is 105 Å². The second-order valence-electron chi connectivity index (χ2n) is 13.4. The summed E-state index contributed by atoms with van der Waals surface area (Å²) in [6.45, 7) is 4.36. The van der Waals surface area contributed by atoms with Crippen molar-refractivity contribution in [2.24, 2.45) is 22.4 Å². The molecular formula is C40H50N6O7. The van der Waals surface area contributed by atoms with Gasteiger partial charge in [-0.25, -0.2) is 14.5 Å². The van der Waals surface area contributed by atoms with Crippen molar-refractivity contribution in [1.82, 2.24) is 14.7 Å². The molecule has 1 saturated heterocycles. The lowest BCUT2D eigenvalue weighted by Gasteiger charge is -2.37. The van der Waals surface area contributed by atoms with Gasteiger partial charge < -0.3 is 30.6 Å². The van der Waals surface area contributed by atoms with Gasteiger partial charge in [-0.3, -0.25) is 19.5 Å². The average molecular weight is 727 g/mol. The Bertz CT molecular complexity index is 1670. The smallest absolute Gasteiger partial charge is 0.417 e. The Hall–Kier alpha value is -5.72. The SMILES string of the molecule is CC(C)CN(C(=O)OCc1ccccc1)[C@H](Cc1ccccc1)C(=O)N1CCC[C@H]1C(=O)N(C(=O)OCc1ccccc1)[C@H](C=O)CCCN=C(N)N. The van der Waals surface area contributed by atoms with Crippen LogP contribution in [0.5, 0.6) is 0 Å². The van der Waals surface area contributed by atoms with E-state index in [1.54, 1.807) is 24.3 Å². The van der Waals surface area contributed by atoms with Crippen LogP contribution in [0.15, 0.2) is 96.0 Å². The maximum absolute atomic E-state index is 14.8. The van der Waals surface area contributed by atoms with Gasteiger partial charge in [-0.15, -0.1) is 0 Å². The zero-order valence-corrected chi connectivity index (χ0v) is 30.4. The van der Waals surface area contributed by atoms with Gasteiger partial charge in [0.2, 0.25) is 5.91 Å². The Balaban J connectivity index is 1.64. The molecule has 1 aliphatic heterocycles. The van der Waals surface area contributed by atoms with Crippen LogP contribution < -0.4 is 11.5 Å². The summed E-state index contributed by atoms with van der Waals surface area (Å²) in [5.74, 6) is -1.35. The number of amides is 4. The number of imide groups is 1. The Morgan fingerprint density at radius 1 is 0.849 bits per heavy atom. The lowest BCUT2D eigenvalue weighted by Crippen LogP contribution is -2.58. The summed E-state index contributed by atoms with van der Waals surface area (Å²) in [6.07, 6.45) is 0.0751. The van der Waals surface area contributed by atoms with Gasteiger partial charge >= 0.3 is 12.2 Å². The van der Waals surface area contributed by atoms with Gasteiger partial charge in [-0.05, 0) is 48.3 Å². The molecule has 4 amide bonds. The lowest BCUT2D eigenvalue weighted by molar-refractivity contribution is -0.147. The fourth-order valence-electron chi connectivity index (χ4n) is 6.28. The Labute approximate surface area is 310 Å². The van der Waals surface area contributed by atoms with E-state index in [-0.39, 0.29) is 64.0 Å². The third kappa shape index (κ3) is 11.9. The van der Waals surface area contributed by atoms with Crippen molar-refractivity contribution in [2.45, 2.75) is 77.3 Å². The van der Waals surface area contributed by atoms with Gasteiger partial charge in [0, 0.05) is 26.1 Å². The molecule has 0 radical (unpaired) electrons. The molecule has 4 N–H and O–H groups in total. The molecule has 0 aromatic heterocycles. The topological polar surface area (TPSA) is 178 Å². The van der Waals surface area contributed by atoms with E-state index < -0.39 is 42.1 Å². The summed E-state index contributed by atoms with van der Waals surface area (Å²) in [5.41, 5.74) is 13.2. The number of ether oxygens (including phenoxy) is 2. The normalized spacial score (nSPS) is 14.8. The van der Waals surface area contributed by atoms with E-state index in [0.29, 0.717) is 24.7 Å². The zero-order valence-electron chi connectivity index (χ0n) is 30.4. The highest BCUT2D eigenvalue weighted by molar-refractivity contribution is 6.00. The molecule has 3 aromatic rings. The largest absolute Gasteiger partial charge is 0.445 e. The van der Waals surface area contributed by atoms with Crippen molar-refractivity contribution in [3.8, 4) is 0 Å². The highest BCUT2D eigenvalue weighted by Crippen LogP contribution is 2.26. The molecule has 0 saturated carbocycles. The molecule has 3 aromatic carbocycles. The molecule has 3 atom stereocenters. The van der Waals surface area contributed by atoms with E-state index in [4.69, 9.17) is 20.9 Å². The predicted molar refractivity (Wildman–Crippen MR) is 200 cm³/mol. The molecule has 0 aliphatic carbocycles. The summed E-state index contributed by atoms with van der Waals surface area (Å²) in [7, 11) is 0. The zero-order chi connectivity index (χ0) is 38.2. The number of carbonyl (C=O) groups is 5. The van der Waals surface area contributed by atoms with E-state index in [0.717, 1.165) is 16.0 Å². The number of nitrogens with two attached hydrogens (primary N) is 2. The van der Waals surface area contributed by atoms with Crippen molar-refractivity contribution in [3.05, 3.63) is 108 Å². The minimum Gasteiger partial charge on any atom is -0.445 e. The Morgan fingerprint density at radius 2 is 1.40 bits per heavy atom. The van der Waals surface area contributed by atoms with E-state index >= 15 is 0 Å². The summed E-state index contributed by atoms with van der Waals surface area (Å²) in [5, 5.41) is 0. The number of rotatable bonds is 17. The van der Waals surface area contributed by atoms with Crippen molar-refractivity contribution >= 4 is 36.2 Å². The minimum atomic E-state index is -1.21. The molecule has 13 heteroatoms. The lowest BCUT2D eigenvalue weighted by atomic mass is 10.0. The first-order valence-electron chi connectivity index (χ1n) is 17.9. The molecule has 53 heavy (non-hydrogen) atoms. The molecule has 0 unspecified atom stereocenters. The number of benzene rings is 3. The van der Waals surface area contributed by atoms with Crippen LogP contribution >= 0.6 is 0 Å². The van der Waals surface area contributed by atoms with Crippen LogP contribution in [0.2, 0.25) is 0 Å². The highest BCUT2D eigenvalue weighted by atomic mass is 16.6. The minimum absolute atomic E-state index is 0.0155. The second-order valence-corrected chi connectivity index (χ2v) is 13.4. The first kappa shape index (κ1) is 40.1. The summed E-state index contributed by atoms with van der Waals surface area (Å²) < 4.78 is 11.3. The van der Waals surface area contributed by atoms with Crippen LogP contribution in [-0.4, -0.2) is 88.7 Å². The third-order valence-corrected chi connectivity index (χ3v) is 8.84. The molecule has 282 valence electrons. The predicted octanol–water partition coefficient (Wildman–Crippen LogP) is 4.67. The molecule has 4 rings (SSSR count). The Kier molecular flexibility index (Phi) is 15.4. The quantitative estimate of drug-likeness (QED) is 0.0866. The maximum Gasteiger partial charge on any atom is 0.417 e. The Morgan fingerprint density at radius 3 is 1.92 bits per heavy atom. The monoisotopic (exact) mass is 726 g/mol. The van der Waals surface area contributed by atoms with Crippen molar-refractivity contribution in [1.29, 1.82) is 0 Å². The van der Waals surface area contributed by atoms with Gasteiger partial charge in [-0.2, -0.15) is 0 Å². The molecule has 1 aliphatic rings. The fraction of sp³-hybridized carbons (Fsp3) is 0.400. The van der Waals surface area contributed by atoms with Crippen LogP contribution in [0, 0.1) is 5.92 Å². The standard InChI is InChI=1S/C40H50N6O7/c1-29(2)25-45(39(50)52-27-31-16-8-4-9-17-31)35(24-30-14-6-3-7-15-30)36(48)44-23-13-21-34(44)37(49)46(33(26-47)20-12-22-43-38(41)42)40(51)53-28-32-18-10-5-11-19-32/h3-11,14-19,26,29,33-35H,12-13,20-25,27-28H2,1-2H3,(H4,41,42,43)/t33-,34-,35+/m0/s1. The van der Waals surface area contributed by atoms with E-state index in [9.17, 15) is 24.0 Å². The van der Waals surface area contributed by atoms with Gasteiger partial charge in [0.25, 0.3) is 5.91 Å². The van der Waals surface area contributed by atoms with Crippen LogP contribution in [-0.2, 0) is 43.5 Å². The van der Waals surface area contributed by atoms with Gasteiger partial charge in [0.15, 0.2) is 5.96 Å². The average Bonchev–Trinajstić information content (AvgIpc) is 3.66. The molecule has 1 heterocycles. The molecule has 13 nitrogen and oxygen atoms in total. The van der Waals surface area contributed by atoms with Crippen molar-refractivity contribution in [2.75, 3.05) is 19.6 Å². The summed E-state index contributed by atoms with van der Waals surface area (Å²) >= 11 is 0. The first-order valence-corrected chi connectivity index (χ1v) is 17.9. The van der Waals surface area contributed by atoms with Gasteiger partial charge in [0.05, 0.1) is 6.04 Å².